The Balaban J connectivity index is 1.65. The SMILES string of the molecule is CCn1c(S/C(=C\c2ccc(-c3ccc(C)cc3[N+](=O)[O-])o2)C(=O)O)nnc1-c1ccc(Cl)cc1. The number of hydrogen-bond donors (Lipinski definition) is 1. The first-order valence-corrected chi connectivity index (χ1v) is 11.6. The molecule has 0 fully saturated rings. The second-order valence-corrected chi connectivity index (χ2v) is 8.90. The minimum absolute atomic E-state index is 0.0472. The number of hydrogen-bond acceptors (Lipinski definition) is 7. The molecule has 2 aromatic carbocycles. The van der Waals surface area contributed by atoms with Crippen molar-refractivity contribution in [1.29, 1.82) is 0 Å². The Morgan fingerprint density at radius 2 is 1.94 bits per heavy atom. The second-order valence-electron chi connectivity index (χ2n) is 7.45. The molecule has 9 nitrogen and oxygen atoms in total. The fourth-order valence-electron chi connectivity index (χ4n) is 3.40. The summed E-state index contributed by atoms with van der Waals surface area (Å²) < 4.78 is 7.55. The Kier molecular flexibility index (Phi) is 7.04. The number of aryl methyl sites for hydroxylation is 1. The van der Waals surface area contributed by atoms with Gasteiger partial charge in [-0.05, 0) is 73.6 Å². The predicted molar refractivity (Wildman–Crippen MR) is 133 cm³/mol. The Morgan fingerprint density at radius 3 is 2.60 bits per heavy atom. The molecule has 0 aliphatic carbocycles. The van der Waals surface area contributed by atoms with Crippen molar-refractivity contribution >= 4 is 41.1 Å². The topological polar surface area (TPSA) is 124 Å². The molecule has 1 N–H and O–H groups in total. The molecule has 2 heterocycles. The van der Waals surface area contributed by atoms with E-state index in [1.165, 1.54) is 12.1 Å². The standard InChI is InChI=1S/C24H19ClN4O5S/c1-3-28-22(15-5-7-16(25)8-6-15)26-27-24(28)35-21(23(30)31)13-17-9-11-20(34-17)18-10-4-14(2)12-19(18)29(32)33/h4-13H,3H2,1-2H3,(H,30,31)/b21-13-. The molecule has 35 heavy (non-hydrogen) atoms. The van der Waals surface area contributed by atoms with Crippen LogP contribution in [0.4, 0.5) is 5.69 Å². The zero-order chi connectivity index (χ0) is 25.1. The van der Waals surface area contributed by atoms with Crippen LogP contribution in [0.2, 0.25) is 5.02 Å². The number of carboxylic acids is 1. The van der Waals surface area contributed by atoms with E-state index < -0.39 is 10.9 Å². The summed E-state index contributed by atoms with van der Waals surface area (Å²) in [5, 5.41) is 30.6. The van der Waals surface area contributed by atoms with Gasteiger partial charge in [0, 0.05) is 29.3 Å². The molecule has 0 aliphatic rings. The van der Waals surface area contributed by atoms with Gasteiger partial charge in [-0.1, -0.05) is 17.7 Å². The molecule has 0 saturated heterocycles. The number of aliphatic carboxylic acids is 1. The molecular weight excluding hydrogens is 492 g/mol. The summed E-state index contributed by atoms with van der Waals surface area (Å²) >= 11 is 6.90. The summed E-state index contributed by atoms with van der Waals surface area (Å²) in [6, 6.07) is 15.1. The van der Waals surface area contributed by atoms with Crippen LogP contribution < -0.4 is 0 Å². The van der Waals surface area contributed by atoms with Crippen LogP contribution in [0.5, 0.6) is 0 Å². The van der Waals surface area contributed by atoms with Crippen molar-refractivity contribution in [3.63, 3.8) is 0 Å². The number of aromatic nitrogens is 3. The molecule has 0 aliphatic heterocycles. The van der Waals surface area contributed by atoms with Gasteiger partial charge in [-0.3, -0.25) is 10.1 Å². The van der Waals surface area contributed by atoms with Gasteiger partial charge < -0.3 is 14.1 Å². The van der Waals surface area contributed by atoms with E-state index in [0.29, 0.717) is 28.1 Å². The van der Waals surface area contributed by atoms with Gasteiger partial charge >= 0.3 is 5.97 Å². The summed E-state index contributed by atoms with van der Waals surface area (Å²) in [4.78, 5) is 22.9. The van der Waals surface area contributed by atoms with Crippen LogP contribution in [0.1, 0.15) is 18.2 Å². The highest BCUT2D eigenvalue weighted by atomic mass is 35.5. The average molecular weight is 511 g/mol. The lowest BCUT2D eigenvalue weighted by atomic mass is 10.1. The predicted octanol–water partition coefficient (Wildman–Crippen LogP) is 6.31. The van der Waals surface area contributed by atoms with Gasteiger partial charge in [0.2, 0.25) is 0 Å². The normalized spacial score (nSPS) is 11.6. The Labute approximate surface area is 209 Å². The molecule has 11 heteroatoms. The number of nitro groups is 1. The third kappa shape index (κ3) is 5.28. The zero-order valence-electron chi connectivity index (χ0n) is 18.6. The van der Waals surface area contributed by atoms with E-state index in [4.69, 9.17) is 16.0 Å². The van der Waals surface area contributed by atoms with Crippen molar-refractivity contribution in [2.75, 3.05) is 0 Å². The monoisotopic (exact) mass is 510 g/mol. The summed E-state index contributed by atoms with van der Waals surface area (Å²) in [5.41, 5.74) is 1.76. The molecule has 0 bridgehead atoms. The first kappa shape index (κ1) is 24.2. The highest BCUT2D eigenvalue weighted by molar-refractivity contribution is 8.04. The molecular formula is C24H19ClN4O5S. The van der Waals surface area contributed by atoms with Crippen molar-refractivity contribution in [2.45, 2.75) is 25.5 Å². The maximum atomic E-state index is 12.0. The molecule has 0 atom stereocenters. The third-order valence-corrected chi connectivity index (χ3v) is 6.31. The van der Waals surface area contributed by atoms with Crippen molar-refractivity contribution in [2.24, 2.45) is 0 Å². The van der Waals surface area contributed by atoms with E-state index >= 15 is 0 Å². The molecule has 4 rings (SSSR count). The Morgan fingerprint density at radius 1 is 1.20 bits per heavy atom. The van der Waals surface area contributed by atoms with Crippen LogP contribution in [0, 0.1) is 17.0 Å². The van der Waals surface area contributed by atoms with Gasteiger partial charge in [0.15, 0.2) is 11.0 Å². The number of benzene rings is 2. The number of carbonyl (C=O) groups is 1. The van der Waals surface area contributed by atoms with Gasteiger partial charge in [-0.15, -0.1) is 10.2 Å². The van der Waals surface area contributed by atoms with Gasteiger partial charge in [-0.25, -0.2) is 4.79 Å². The summed E-state index contributed by atoms with van der Waals surface area (Å²) in [7, 11) is 0. The van der Waals surface area contributed by atoms with Gasteiger partial charge in [-0.2, -0.15) is 0 Å². The third-order valence-electron chi connectivity index (χ3n) is 5.06. The fraction of sp³-hybridized carbons (Fsp3) is 0.125. The zero-order valence-corrected chi connectivity index (χ0v) is 20.2. The largest absolute Gasteiger partial charge is 0.477 e. The second kappa shape index (κ2) is 10.2. The summed E-state index contributed by atoms with van der Waals surface area (Å²) in [6.07, 6.45) is 1.35. The molecule has 0 spiro atoms. The lowest BCUT2D eigenvalue weighted by Gasteiger charge is -2.07. The maximum Gasteiger partial charge on any atom is 0.342 e. The van der Waals surface area contributed by atoms with Crippen molar-refractivity contribution < 1.29 is 19.2 Å². The molecule has 0 amide bonds. The molecule has 4 aromatic rings. The quantitative estimate of drug-likeness (QED) is 0.126. The van der Waals surface area contributed by atoms with E-state index in [1.807, 2.05) is 19.1 Å². The van der Waals surface area contributed by atoms with Gasteiger partial charge in [0.05, 0.1) is 10.5 Å². The molecule has 0 saturated carbocycles. The van der Waals surface area contributed by atoms with E-state index in [9.17, 15) is 20.0 Å². The molecule has 178 valence electrons. The van der Waals surface area contributed by atoms with Crippen molar-refractivity contribution in [3.8, 4) is 22.7 Å². The minimum atomic E-state index is -1.17. The average Bonchev–Trinajstić information content (AvgIpc) is 3.46. The van der Waals surface area contributed by atoms with Crippen LogP contribution in [-0.2, 0) is 11.3 Å². The number of carboxylic acid groups (broad SMARTS) is 1. The molecule has 0 radical (unpaired) electrons. The van der Waals surface area contributed by atoms with Crippen LogP contribution in [-0.4, -0.2) is 30.8 Å². The molecule has 2 aromatic heterocycles. The number of nitrogens with zero attached hydrogens (tertiary/aromatic N) is 4. The van der Waals surface area contributed by atoms with E-state index in [1.54, 1.807) is 47.9 Å². The first-order valence-electron chi connectivity index (χ1n) is 10.4. The number of furan rings is 1. The lowest BCUT2D eigenvalue weighted by molar-refractivity contribution is -0.384. The van der Waals surface area contributed by atoms with E-state index in [0.717, 1.165) is 22.9 Å². The van der Waals surface area contributed by atoms with Crippen LogP contribution >= 0.6 is 23.4 Å². The summed E-state index contributed by atoms with van der Waals surface area (Å²) in [6.45, 7) is 4.18. The Hall–Kier alpha value is -3.89. The fourth-order valence-corrected chi connectivity index (χ4v) is 4.39. The van der Waals surface area contributed by atoms with E-state index in [-0.39, 0.29) is 22.1 Å². The van der Waals surface area contributed by atoms with Crippen LogP contribution in [0.25, 0.3) is 28.8 Å². The smallest absolute Gasteiger partial charge is 0.342 e. The number of rotatable bonds is 8. The van der Waals surface area contributed by atoms with Crippen LogP contribution in [0.15, 0.2) is 69.1 Å². The Bertz CT molecular complexity index is 1440. The van der Waals surface area contributed by atoms with Crippen molar-refractivity contribution in [1.82, 2.24) is 14.8 Å². The number of thioether (sulfide) groups is 1. The highest BCUT2D eigenvalue weighted by Gasteiger charge is 2.21. The maximum absolute atomic E-state index is 12.0. The first-order chi connectivity index (χ1) is 16.8. The lowest BCUT2D eigenvalue weighted by Crippen LogP contribution is -2.02. The minimum Gasteiger partial charge on any atom is -0.477 e. The summed E-state index contributed by atoms with van der Waals surface area (Å²) in [5.74, 6) is -0.0870. The number of nitro benzene ring substituents is 1. The van der Waals surface area contributed by atoms with Crippen molar-refractivity contribution in [3.05, 3.63) is 86.0 Å². The van der Waals surface area contributed by atoms with E-state index in [2.05, 4.69) is 10.2 Å². The number of halogens is 1. The van der Waals surface area contributed by atoms with Crippen LogP contribution in [0.3, 0.4) is 0 Å². The molecule has 0 unspecified atom stereocenters. The van der Waals surface area contributed by atoms with Gasteiger partial charge in [0.1, 0.15) is 16.4 Å². The van der Waals surface area contributed by atoms with Gasteiger partial charge in [0.25, 0.3) is 5.69 Å². The highest BCUT2D eigenvalue weighted by Crippen LogP contribution is 2.34.